The van der Waals surface area contributed by atoms with Gasteiger partial charge in [-0.15, -0.1) is 0 Å². The van der Waals surface area contributed by atoms with Crippen molar-refractivity contribution in [3.63, 3.8) is 0 Å². The summed E-state index contributed by atoms with van der Waals surface area (Å²) in [4.78, 5) is 10.6. The van der Waals surface area contributed by atoms with Crippen LogP contribution in [0.2, 0.25) is 10.0 Å². The fourth-order valence-corrected chi connectivity index (χ4v) is 3.19. The molecule has 0 fully saturated rings. The molecule has 0 atom stereocenters. The largest absolute Gasteiger partial charge is 0.508 e. The molecular weight excluding hydrogens is 361 g/mol. The number of carboxylic acid groups (broad SMARTS) is 1. The van der Waals surface area contributed by atoms with Gasteiger partial charge in [-0.2, -0.15) is 0 Å². The van der Waals surface area contributed by atoms with E-state index in [-0.39, 0.29) is 18.1 Å². The SMILES string of the molecule is CC(C)c1cc(Cc2c(Cl)cc(NCCC(=O)O)cc2Cl)ccc1O. The van der Waals surface area contributed by atoms with E-state index in [1.807, 2.05) is 26.0 Å². The molecule has 2 aromatic carbocycles. The Morgan fingerprint density at radius 1 is 1.16 bits per heavy atom. The number of phenols is 1. The fourth-order valence-electron chi connectivity index (χ4n) is 2.57. The zero-order valence-corrected chi connectivity index (χ0v) is 15.7. The summed E-state index contributed by atoms with van der Waals surface area (Å²) in [7, 11) is 0. The van der Waals surface area contributed by atoms with Crippen LogP contribution >= 0.6 is 23.2 Å². The van der Waals surface area contributed by atoms with Crippen LogP contribution < -0.4 is 5.32 Å². The predicted molar refractivity (Wildman–Crippen MR) is 102 cm³/mol. The van der Waals surface area contributed by atoms with Crippen LogP contribution in [-0.4, -0.2) is 22.7 Å². The minimum atomic E-state index is -0.866. The van der Waals surface area contributed by atoms with Crippen LogP contribution in [0.4, 0.5) is 5.69 Å². The van der Waals surface area contributed by atoms with Gasteiger partial charge in [-0.3, -0.25) is 4.79 Å². The first kappa shape index (κ1) is 19.4. The molecule has 6 heteroatoms. The highest BCUT2D eigenvalue weighted by molar-refractivity contribution is 6.36. The van der Waals surface area contributed by atoms with E-state index in [2.05, 4.69) is 5.32 Å². The van der Waals surface area contributed by atoms with Gasteiger partial charge in [0.2, 0.25) is 0 Å². The number of benzene rings is 2. The van der Waals surface area contributed by atoms with Crippen LogP contribution in [0, 0.1) is 0 Å². The monoisotopic (exact) mass is 381 g/mol. The molecule has 3 N–H and O–H groups in total. The third kappa shape index (κ3) is 5.28. The van der Waals surface area contributed by atoms with Gasteiger partial charge in [0.25, 0.3) is 0 Å². The van der Waals surface area contributed by atoms with Crippen LogP contribution in [0.5, 0.6) is 5.75 Å². The Hall–Kier alpha value is -1.91. The smallest absolute Gasteiger partial charge is 0.305 e. The maximum atomic E-state index is 10.6. The van der Waals surface area contributed by atoms with Crippen molar-refractivity contribution in [3.8, 4) is 5.75 Å². The molecule has 2 aromatic rings. The van der Waals surface area contributed by atoms with Gasteiger partial charge in [-0.1, -0.05) is 49.2 Å². The zero-order chi connectivity index (χ0) is 18.6. The van der Waals surface area contributed by atoms with E-state index in [1.54, 1.807) is 18.2 Å². The highest BCUT2D eigenvalue weighted by atomic mass is 35.5. The Bertz CT molecular complexity index is 752. The number of carbonyl (C=O) groups is 1. The summed E-state index contributed by atoms with van der Waals surface area (Å²) in [6.45, 7) is 4.35. The number of aromatic hydroxyl groups is 1. The van der Waals surface area contributed by atoms with Crippen LogP contribution in [0.25, 0.3) is 0 Å². The van der Waals surface area contributed by atoms with Gasteiger partial charge in [-0.05, 0) is 40.8 Å². The van der Waals surface area contributed by atoms with Crippen LogP contribution in [0.1, 0.15) is 42.9 Å². The number of hydrogen-bond acceptors (Lipinski definition) is 3. The molecule has 134 valence electrons. The standard InChI is InChI=1S/C19H21Cl2NO3/c1-11(2)14-7-12(3-4-18(14)23)8-15-16(20)9-13(10-17(15)21)22-6-5-19(24)25/h3-4,7,9-11,22-23H,5-6,8H2,1-2H3,(H,24,25). The van der Waals surface area contributed by atoms with Gasteiger partial charge in [0.15, 0.2) is 0 Å². The molecule has 0 spiro atoms. The summed E-state index contributed by atoms with van der Waals surface area (Å²) < 4.78 is 0. The van der Waals surface area contributed by atoms with E-state index in [9.17, 15) is 9.90 Å². The van der Waals surface area contributed by atoms with Crippen LogP contribution in [0.15, 0.2) is 30.3 Å². The first-order valence-corrected chi connectivity index (χ1v) is 8.79. The van der Waals surface area contributed by atoms with E-state index in [0.29, 0.717) is 28.7 Å². The number of nitrogens with one attached hydrogen (secondary N) is 1. The number of rotatable bonds is 7. The fraction of sp³-hybridized carbons (Fsp3) is 0.316. The Morgan fingerprint density at radius 3 is 2.36 bits per heavy atom. The lowest BCUT2D eigenvalue weighted by Crippen LogP contribution is -2.07. The second-order valence-electron chi connectivity index (χ2n) is 6.21. The van der Waals surface area contributed by atoms with E-state index >= 15 is 0 Å². The summed E-state index contributed by atoms with van der Waals surface area (Å²) in [6.07, 6.45) is 0.565. The molecule has 0 heterocycles. The van der Waals surface area contributed by atoms with Gasteiger partial charge < -0.3 is 15.5 Å². The van der Waals surface area contributed by atoms with Crippen LogP contribution in [-0.2, 0) is 11.2 Å². The summed E-state index contributed by atoms with van der Waals surface area (Å²) >= 11 is 12.7. The maximum absolute atomic E-state index is 10.6. The highest BCUT2D eigenvalue weighted by Gasteiger charge is 2.12. The molecule has 2 rings (SSSR count). The summed E-state index contributed by atoms with van der Waals surface area (Å²) in [5.74, 6) is -0.366. The van der Waals surface area contributed by atoms with Crippen LogP contribution in [0.3, 0.4) is 0 Å². The quantitative estimate of drug-likeness (QED) is 0.608. The Morgan fingerprint density at radius 2 is 1.80 bits per heavy atom. The molecule has 0 aromatic heterocycles. The number of phenolic OH excluding ortho intramolecular Hbond substituents is 1. The maximum Gasteiger partial charge on any atom is 0.305 e. The Balaban J connectivity index is 2.20. The molecule has 0 saturated carbocycles. The van der Waals surface area contributed by atoms with E-state index < -0.39 is 5.97 Å². The minimum Gasteiger partial charge on any atom is -0.508 e. The molecule has 0 amide bonds. The molecule has 0 aliphatic heterocycles. The third-order valence-corrected chi connectivity index (χ3v) is 4.58. The second kappa shape index (κ2) is 8.45. The molecule has 0 radical (unpaired) electrons. The summed E-state index contributed by atoms with van der Waals surface area (Å²) in [5, 5.41) is 22.6. The van der Waals surface area contributed by atoms with Crippen molar-refractivity contribution < 1.29 is 15.0 Å². The molecule has 0 aliphatic carbocycles. The molecule has 0 saturated heterocycles. The number of hydrogen-bond donors (Lipinski definition) is 3. The van der Waals surface area contributed by atoms with Crippen molar-refractivity contribution in [2.75, 3.05) is 11.9 Å². The highest BCUT2D eigenvalue weighted by Crippen LogP contribution is 2.33. The average Bonchev–Trinajstić information content (AvgIpc) is 2.51. The van der Waals surface area contributed by atoms with Gasteiger partial charge >= 0.3 is 5.97 Å². The second-order valence-corrected chi connectivity index (χ2v) is 7.03. The third-order valence-electron chi connectivity index (χ3n) is 3.90. The first-order chi connectivity index (χ1) is 11.8. The number of carboxylic acids is 1. The van der Waals surface area contributed by atoms with Gasteiger partial charge in [0, 0.05) is 28.7 Å². The van der Waals surface area contributed by atoms with Crippen molar-refractivity contribution >= 4 is 34.9 Å². The lowest BCUT2D eigenvalue weighted by atomic mass is 9.96. The summed E-state index contributed by atoms with van der Waals surface area (Å²) in [5.41, 5.74) is 3.38. The van der Waals surface area contributed by atoms with E-state index in [4.69, 9.17) is 28.3 Å². The van der Waals surface area contributed by atoms with Gasteiger partial charge in [-0.25, -0.2) is 0 Å². The van der Waals surface area contributed by atoms with Crippen molar-refractivity contribution in [1.82, 2.24) is 0 Å². The zero-order valence-electron chi connectivity index (χ0n) is 14.1. The Kier molecular flexibility index (Phi) is 6.57. The molecule has 0 aliphatic rings. The van der Waals surface area contributed by atoms with Crippen molar-refractivity contribution in [2.24, 2.45) is 0 Å². The Labute approximate surface area is 157 Å². The van der Waals surface area contributed by atoms with Crippen molar-refractivity contribution in [3.05, 3.63) is 57.1 Å². The number of anilines is 1. The molecule has 25 heavy (non-hydrogen) atoms. The first-order valence-electron chi connectivity index (χ1n) is 8.03. The average molecular weight is 382 g/mol. The molecular formula is C19H21Cl2NO3. The minimum absolute atomic E-state index is 0.0163. The van der Waals surface area contributed by atoms with Crippen molar-refractivity contribution in [2.45, 2.75) is 32.6 Å². The topological polar surface area (TPSA) is 69.6 Å². The molecule has 0 unspecified atom stereocenters. The normalized spacial score (nSPS) is 10.9. The summed E-state index contributed by atoms with van der Waals surface area (Å²) in [6, 6.07) is 9.00. The van der Waals surface area contributed by atoms with E-state index in [0.717, 1.165) is 16.7 Å². The van der Waals surface area contributed by atoms with Crippen molar-refractivity contribution in [1.29, 1.82) is 0 Å². The number of aliphatic carboxylic acids is 1. The predicted octanol–water partition coefficient (Wildman–Crippen LogP) is 5.30. The van der Waals surface area contributed by atoms with E-state index in [1.165, 1.54) is 0 Å². The number of halogens is 2. The lowest BCUT2D eigenvalue weighted by molar-refractivity contribution is -0.136. The molecule has 4 nitrogen and oxygen atoms in total. The van der Waals surface area contributed by atoms with Gasteiger partial charge in [0.1, 0.15) is 5.75 Å². The van der Waals surface area contributed by atoms with Gasteiger partial charge in [0.05, 0.1) is 6.42 Å². The molecule has 0 bridgehead atoms. The lowest BCUT2D eigenvalue weighted by Gasteiger charge is -2.14.